The van der Waals surface area contributed by atoms with Gasteiger partial charge in [0, 0.05) is 53.9 Å². The Morgan fingerprint density at radius 3 is 2.73 bits per heavy atom. The number of benzene rings is 2. The van der Waals surface area contributed by atoms with Crippen molar-refractivity contribution in [1.82, 2.24) is 20.5 Å². The van der Waals surface area contributed by atoms with Gasteiger partial charge in [-0.3, -0.25) is 4.79 Å². The van der Waals surface area contributed by atoms with Crippen molar-refractivity contribution in [3.8, 4) is 17.0 Å². The van der Waals surface area contributed by atoms with E-state index in [1.54, 1.807) is 12.1 Å². The second-order valence-electron chi connectivity index (χ2n) is 9.28. The first-order valence-corrected chi connectivity index (χ1v) is 10.3. The molecule has 158 valence electrons. The first-order chi connectivity index (χ1) is 14.2. The first kappa shape index (κ1) is 20.4. The number of amides is 1. The van der Waals surface area contributed by atoms with Gasteiger partial charge in [-0.25, -0.2) is 0 Å². The monoisotopic (exact) mass is 406 g/mol. The fraction of sp³-hybridized carbons (Fsp3) is 0.375. The summed E-state index contributed by atoms with van der Waals surface area (Å²) in [4.78, 5) is 17.9. The van der Waals surface area contributed by atoms with Crippen molar-refractivity contribution in [1.29, 1.82) is 0 Å². The maximum absolute atomic E-state index is 12.3. The molecule has 3 aromatic rings. The molecule has 0 saturated carbocycles. The molecule has 4 N–H and O–H groups in total. The van der Waals surface area contributed by atoms with Crippen LogP contribution in [0.15, 0.2) is 36.4 Å². The molecule has 0 fully saturated rings. The zero-order chi connectivity index (χ0) is 21.5. The summed E-state index contributed by atoms with van der Waals surface area (Å²) in [6, 6.07) is 11.9. The molecule has 1 aliphatic heterocycles. The minimum Gasteiger partial charge on any atom is -0.508 e. The molecule has 0 aliphatic carbocycles. The topological polar surface area (TPSA) is 80.4 Å². The van der Waals surface area contributed by atoms with Crippen molar-refractivity contribution in [3.05, 3.63) is 53.1 Å². The Balaban J connectivity index is 1.54. The normalized spacial score (nSPS) is 13.8. The second-order valence-corrected chi connectivity index (χ2v) is 9.28. The summed E-state index contributed by atoms with van der Waals surface area (Å²) < 4.78 is 0. The SMILES string of the molecule is CN(C)CC(C)(C)CNCc1ccc2[nH]c(-c3ccc(O)c4c3C(=O)NC4)cc2c1. The molecular formula is C24H30N4O2. The Kier molecular flexibility index (Phi) is 5.30. The van der Waals surface area contributed by atoms with Crippen LogP contribution >= 0.6 is 0 Å². The molecule has 1 aliphatic rings. The van der Waals surface area contributed by atoms with Gasteiger partial charge >= 0.3 is 0 Å². The third kappa shape index (κ3) is 4.06. The summed E-state index contributed by atoms with van der Waals surface area (Å²) in [5, 5.41) is 17.6. The molecule has 2 aromatic carbocycles. The van der Waals surface area contributed by atoms with Gasteiger partial charge in [-0.15, -0.1) is 0 Å². The number of aromatic hydroxyl groups is 1. The average molecular weight is 407 g/mol. The summed E-state index contributed by atoms with van der Waals surface area (Å²) in [6.45, 7) is 7.70. The third-order valence-corrected chi connectivity index (χ3v) is 5.59. The van der Waals surface area contributed by atoms with Crippen molar-refractivity contribution < 1.29 is 9.90 Å². The van der Waals surface area contributed by atoms with Crippen LogP contribution < -0.4 is 10.6 Å². The molecule has 2 heterocycles. The van der Waals surface area contributed by atoms with Gasteiger partial charge in [0.2, 0.25) is 0 Å². The van der Waals surface area contributed by atoms with E-state index in [0.29, 0.717) is 17.7 Å². The highest BCUT2D eigenvalue weighted by atomic mass is 16.3. The van der Waals surface area contributed by atoms with Crippen LogP contribution in [0.25, 0.3) is 22.2 Å². The number of aromatic amines is 1. The Morgan fingerprint density at radius 2 is 1.97 bits per heavy atom. The van der Waals surface area contributed by atoms with Crippen LogP contribution in [0, 0.1) is 5.41 Å². The van der Waals surface area contributed by atoms with Gasteiger partial charge in [0.15, 0.2) is 0 Å². The van der Waals surface area contributed by atoms with Crippen LogP contribution in [-0.4, -0.2) is 48.1 Å². The van der Waals surface area contributed by atoms with E-state index in [9.17, 15) is 9.90 Å². The lowest BCUT2D eigenvalue weighted by atomic mass is 9.93. The van der Waals surface area contributed by atoms with E-state index in [4.69, 9.17) is 0 Å². The third-order valence-electron chi connectivity index (χ3n) is 5.59. The number of rotatable bonds is 7. The van der Waals surface area contributed by atoms with Crippen LogP contribution in [0.4, 0.5) is 0 Å². The molecule has 0 saturated heterocycles. The number of carbonyl (C=O) groups excluding carboxylic acids is 1. The fourth-order valence-electron chi connectivity index (χ4n) is 4.45. The van der Waals surface area contributed by atoms with Crippen LogP contribution in [0.5, 0.6) is 5.75 Å². The van der Waals surface area contributed by atoms with Crippen LogP contribution in [0.3, 0.4) is 0 Å². The largest absolute Gasteiger partial charge is 0.508 e. The second kappa shape index (κ2) is 7.78. The minimum atomic E-state index is -0.139. The van der Waals surface area contributed by atoms with Crippen LogP contribution in [-0.2, 0) is 13.1 Å². The summed E-state index contributed by atoms with van der Waals surface area (Å²) in [5.74, 6) is 0.0218. The quantitative estimate of drug-likeness (QED) is 0.484. The van der Waals surface area contributed by atoms with Crippen molar-refractivity contribution in [3.63, 3.8) is 0 Å². The number of phenolic OH excluding ortho intramolecular Hbond substituents is 1. The molecule has 0 unspecified atom stereocenters. The molecule has 4 rings (SSSR count). The molecule has 1 amide bonds. The van der Waals surface area contributed by atoms with Crippen LogP contribution in [0.2, 0.25) is 0 Å². The van der Waals surface area contributed by atoms with Gasteiger partial charge in [0.25, 0.3) is 5.91 Å². The number of H-pyrrole nitrogens is 1. The number of phenols is 1. The lowest BCUT2D eigenvalue weighted by molar-refractivity contribution is 0.0966. The van der Waals surface area contributed by atoms with Crippen molar-refractivity contribution in [2.45, 2.75) is 26.9 Å². The number of hydrogen-bond donors (Lipinski definition) is 4. The summed E-state index contributed by atoms with van der Waals surface area (Å²) in [6.07, 6.45) is 0. The number of fused-ring (bicyclic) bond motifs is 2. The van der Waals surface area contributed by atoms with E-state index < -0.39 is 0 Å². The highest BCUT2D eigenvalue weighted by Crippen LogP contribution is 2.35. The van der Waals surface area contributed by atoms with Crippen LogP contribution in [0.1, 0.15) is 35.3 Å². The van der Waals surface area contributed by atoms with E-state index >= 15 is 0 Å². The van der Waals surface area contributed by atoms with E-state index in [1.165, 1.54) is 5.56 Å². The molecular weight excluding hydrogens is 376 g/mol. The lowest BCUT2D eigenvalue weighted by Crippen LogP contribution is -2.37. The van der Waals surface area contributed by atoms with Crippen molar-refractivity contribution in [2.75, 3.05) is 27.2 Å². The number of nitrogens with one attached hydrogen (secondary N) is 3. The van der Waals surface area contributed by atoms with Gasteiger partial charge in [-0.1, -0.05) is 19.9 Å². The minimum absolute atomic E-state index is 0.139. The molecule has 30 heavy (non-hydrogen) atoms. The molecule has 0 radical (unpaired) electrons. The van der Waals surface area contributed by atoms with E-state index in [-0.39, 0.29) is 17.1 Å². The van der Waals surface area contributed by atoms with E-state index in [1.807, 2.05) is 0 Å². The number of hydrogen-bond acceptors (Lipinski definition) is 4. The van der Waals surface area contributed by atoms with Crippen molar-refractivity contribution >= 4 is 16.8 Å². The van der Waals surface area contributed by atoms with E-state index in [2.05, 4.69) is 72.7 Å². The lowest BCUT2D eigenvalue weighted by Gasteiger charge is -2.28. The smallest absolute Gasteiger partial charge is 0.252 e. The highest BCUT2D eigenvalue weighted by Gasteiger charge is 2.26. The Bertz CT molecular complexity index is 1100. The summed E-state index contributed by atoms with van der Waals surface area (Å²) in [7, 11) is 4.21. The number of carbonyl (C=O) groups is 1. The summed E-state index contributed by atoms with van der Waals surface area (Å²) in [5.41, 5.74) is 5.39. The Labute approximate surface area is 177 Å². The average Bonchev–Trinajstić information content (AvgIpc) is 3.25. The van der Waals surface area contributed by atoms with Gasteiger partial charge in [0.05, 0.1) is 5.56 Å². The zero-order valence-corrected chi connectivity index (χ0v) is 18.1. The van der Waals surface area contributed by atoms with Gasteiger partial charge in [-0.2, -0.15) is 0 Å². The molecule has 6 nitrogen and oxygen atoms in total. The van der Waals surface area contributed by atoms with Gasteiger partial charge in [0.1, 0.15) is 5.75 Å². The van der Waals surface area contributed by atoms with Crippen molar-refractivity contribution in [2.24, 2.45) is 5.41 Å². The summed E-state index contributed by atoms with van der Waals surface area (Å²) >= 11 is 0. The predicted molar refractivity (Wildman–Crippen MR) is 121 cm³/mol. The maximum Gasteiger partial charge on any atom is 0.252 e. The number of aromatic nitrogens is 1. The first-order valence-electron chi connectivity index (χ1n) is 10.3. The fourth-order valence-corrected chi connectivity index (χ4v) is 4.45. The Hall–Kier alpha value is -2.83. The Morgan fingerprint density at radius 1 is 1.17 bits per heavy atom. The molecule has 0 spiro atoms. The molecule has 1 aromatic heterocycles. The standard InChI is InChI=1S/C24H30N4O2/c1-24(2,14-28(3)4)13-25-11-15-5-7-19-16(9-15)10-20(27-19)17-6-8-21(29)18-12-26-23(30)22(17)18/h5-10,25,27,29H,11-14H2,1-4H3,(H,26,30). The number of nitrogens with zero attached hydrogens (tertiary/aromatic N) is 1. The van der Waals surface area contributed by atoms with Gasteiger partial charge in [-0.05, 0) is 55.4 Å². The van der Waals surface area contributed by atoms with Gasteiger partial charge < -0.3 is 25.6 Å². The maximum atomic E-state index is 12.3. The van der Waals surface area contributed by atoms with E-state index in [0.717, 1.165) is 41.8 Å². The predicted octanol–water partition coefficient (Wildman–Crippen LogP) is 3.46. The molecule has 6 heteroatoms. The zero-order valence-electron chi connectivity index (χ0n) is 18.1. The molecule has 0 bridgehead atoms. The highest BCUT2D eigenvalue weighted by molar-refractivity contribution is 6.05. The molecule has 0 atom stereocenters.